The van der Waals surface area contributed by atoms with Crippen LogP contribution >= 0.6 is 0 Å². The number of amides is 1. The summed E-state index contributed by atoms with van der Waals surface area (Å²) in [5, 5.41) is 12.3. The summed E-state index contributed by atoms with van der Waals surface area (Å²) in [6.45, 7) is 2.33. The van der Waals surface area contributed by atoms with Gasteiger partial charge in [-0.3, -0.25) is 9.59 Å². The molecule has 6 heteroatoms. The molecule has 142 valence electrons. The van der Waals surface area contributed by atoms with E-state index in [4.69, 9.17) is 9.84 Å². The van der Waals surface area contributed by atoms with E-state index in [-0.39, 0.29) is 12.0 Å². The Morgan fingerprint density at radius 1 is 1.35 bits per heavy atom. The summed E-state index contributed by atoms with van der Waals surface area (Å²) in [4.78, 5) is 24.4. The Hall–Kier alpha value is -2.14. The highest BCUT2D eigenvalue weighted by Crippen LogP contribution is 2.26. The minimum atomic E-state index is -0.861. The number of ether oxygens (including phenoxy) is 1. The maximum Gasteiger partial charge on any atom is 0.307 e. The number of carboxylic acids is 1. The number of rotatable bonds is 7. The smallest absolute Gasteiger partial charge is 0.307 e. The van der Waals surface area contributed by atoms with Crippen molar-refractivity contribution in [1.82, 2.24) is 10.2 Å². The maximum absolute atomic E-state index is 11.8. The van der Waals surface area contributed by atoms with E-state index in [1.54, 1.807) is 24.2 Å². The van der Waals surface area contributed by atoms with Gasteiger partial charge in [-0.05, 0) is 56.8 Å². The van der Waals surface area contributed by atoms with Gasteiger partial charge in [0.25, 0.3) is 0 Å². The van der Waals surface area contributed by atoms with Crippen molar-refractivity contribution >= 4 is 12.4 Å². The molecule has 2 N–H and O–H groups in total. The Morgan fingerprint density at radius 3 is 2.88 bits per heavy atom. The van der Waals surface area contributed by atoms with Crippen LogP contribution < -0.4 is 5.32 Å². The van der Waals surface area contributed by atoms with Crippen LogP contribution in [0.4, 0.5) is 0 Å². The maximum atomic E-state index is 11.8. The Labute approximate surface area is 154 Å². The van der Waals surface area contributed by atoms with Crippen molar-refractivity contribution in [3.63, 3.8) is 0 Å². The van der Waals surface area contributed by atoms with Crippen molar-refractivity contribution in [3.05, 3.63) is 41.3 Å². The number of allylic oxidation sites excluding steroid dienone is 3. The van der Waals surface area contributed by atoms with Gasteiger partial charge in [-0.15, -0.1) is 5.73 Å². The van der Waals surface area contributed by atoms with E-state index < -0.39 is 5.97 Å². The van der Waals surface area contributed by atoms with E-state index in [0.717, 1.165) is 62.9 Å². The van der Waals surface area contributed by atoms with E-state index in [1.165, 1.54) is 0 Å². The Bertz CT molecular complexity index is 622. The minimum absolute atomic E-state index is 0.0205. The van der Waals surface area contributed by atoms with Crippen molar-refractivity contribution in [2.75, 3.05) is 26.7 Å². The van der Waals surface area contributed by atoms with Gasteiger partial charge in [-0.1, -0.05) is 12.2 Å². The van der Waals surface area contributed by atoms with Gasteiger partial charge in [0.2, 0.25) is 6.41 Å². The fraction of sp³-hybridized carbons (Fsp3) is 0.550. The van der Waals surface area contributed by atoms with E-state index in [1.807, 2.05) is 12.2 Å². The lowest BCUT2D eigenvalue weighted by atomic mass is 9.93. The van der Waals surface area contributed by atoms with Gasteiger partial charge in [-0.25, -0.2) is 0 Å². The topological polar surface area (TPSA) is 78.9 Å². The van der Waals surface area contributed by atoms with E-state index in [2.05, 4.69) is 11.0 Å². The predicted octanol–water partition coefficient (Wildman–Crippen LogP) is 2.39. The molecular formula is C20H28N2O4. The molecule has 0 spiro atoms. The van der Waals surface area contributed by atoms with Crippen LogP contribution in [0, 0.1) is 0 Å². The van der Waals surface area contributed by atoms with Crippen LogP contribution in [0.15, 0.2) is 41.3 Å². The lowest BCUT2D eigenvalue weighted by Gasteiger charge is -2.35. The third-order valence-corrected chi connectivity index (χ3v) is 4.88. The van der Waals surface area contributed by atoms with E-state index in [9.17, 15) is 9.59 Å². The summed E-state index contributed by atoms with van der Waals surface area (Å²) in [5.41, 5.74) is 4.17. The minimum Gasteiger partial charge on any atom is -0.481 e. The van der Waals surface area contributed by atoms with Crippen LogP contribution in [-0.2, 0) is 14.3 Å². The zero-order valence-electron chi connectivity index (χ0n) is 15.4. The van der Waals surface area contributed by atoms with Gasteiger partial charge in [0.15, 0.2) is 0 Å². The summed E-state index contributed by atoms with van der Waals surface area (Å²) < 4.78 is 5.84. The molecule has 0 aromatic rings. The standard InChI is InChI=1S/C20H28N2O4/c1-26-20(10-5-12-21-13-11-20)15-22(16-23)18-8-3-2-6-17(7-4-9-18)14-19(24)25/h6-9,16,21H,2-3,5,10-15H2,1H3,(H,24,25)/b17-6+,18-8+. The molecular weight excluding hydrogens is 332 g/mol. The molecule has 1 aliphatic heterocycles. The fourth-order valence-electron chi connectivity index (χ4n) is 3.38. The molecule has 0 aromatic heterocycles. The molecule has 1 unspecified atom stereocenters. The first kappa shape index (κ1) is 20.2. The molecule has 1 aliphatic carbocycles. The second-order valence-electron chi connectivity index (χ2n) is 6.74. The Kier molecular flexibility index (Phi) is 7.85. The molecule has 0 bridgehead atoms. The summed E-state index contributed by atoms with van der Waals surface area (Å²) in [6, 6.07) is 0. The molecule has 6 nitrogen and oxygen atoms in total. The normalized spacial score (nSPS) is 27.7. The molecule has 0 saturated carbocycles. The van der Waals surface area contributed by atoms with Crippen LogP contribution in [0.1, 0.15) is 38.5 Å². The number of hydrogen-bond acceptors (Lipinski definition) is 4. The number of carbonyl (C=O) groups excluding carboxylic acids is 1. The molecule has 1 atom stereocenters. The number of hydrogen-bond donors (Lipinski definition) is 2. The van der Waals surface area contributed by atoms with Gasteiger partial charge < -0.3 is 20.1 Å². The van der Waals surface area contributed by atoms with Crippen LogP contribution in [-0.4, -0.2) is 54.7 Å². The first-order valence-corrected chi connectivity index (χ1v) is 9.10. The van der Waals surface area contributed by atoms with Crippen molar-refractivity contribution in [1.29, 1.82) is 0 Å². The third kappa shape index (κ3) is 5.99. The number of nitrogens with zero attached hydrogens (tertiary/aromatic N) is 1. The molecule has 0 radical (unpaired) electrons. The summed E-state index contributed by atoms with van der Waals surface area (Å²) in [5.74, 6) is -0.861. The molecule has 2 rings (SSSR count). The Balaban J connectivity index is 2.16. The quantitative estimate of drug-likeness (QED) is 0.538. The van der Waals surface area contributed by atoms with Crippen molar-refractivity contribution in [2.24, 2.45) is 0 Å². The van der Waals surface area contributed by atoms with Crippen LogP contribution in [0.5, 0.6) is 0 Å². The highest BCUT2D eigenvalue weighted by atomic mass is 16.5. The average molecular weight is 360 g/mol. The van der Waals surface area contributed by atoms with Gasteiger partial charge in [0.1, 0.15) is 0 Å². The average Bonchev–Trinajstić information content (AvgIpc) is 2.80. The monoisotopic (exact) mass is 360 g/mol. The van der Waals surface area contributed by atoms with Crippen LogP contribution in [0.3, 0.4) is 0 Å². The van der Waals surface area contributed by atoms with Gasteiger partial charge in [-0.2, -0.15) is 0 Å². The number of methoxy groups -OCH3 is 1. The summed E-state index contributed by atoms with van der Waals surface area (Å²) in [6.07, 6.45) is 12.4. The number of nitrogens with one attached hydrogen (secondary N) is 1. The first-order chi connectivity index (χ1) is 12.6. The first-order valence-electron chi connectivity index (χ1n) is 9.10. The van der Waals surface area contributed by atoms with Gasteiger partial charge >= 0.3 is 5.97 Å². The summed E-state index contributed by atoms with van der Waals surface area (Å²) >= 11 is 0. The molecule has 0 aromatic carbocycles. The highest BCUT2D eigenvalue weighted by Gasteiger charge is 2.33. The van der Waals surface area contributed by atoms with Crippen molar-refractivity contribution < 1.29 is 19.4 Å². The zero-order chi connectivity index (χ0) is 18.8. The molecule has 1 amide bonds. The lowest BCUT2D eigenvalue weighted by Crippen LogP contribution is -2.44. The molecule has 1 saturated heterocycles. The molecule has 26 heavy (non-hydrogen) atoms. The number of carbonyl (C=O) groups is 2. The van der Waals surface area contributed by atoms with Crippen molar-refractivity contribution in [2.45, 2.75) is 44.1 Å². The van der Waals surface area contributed by atoms with Crippen LogP contribution in [0.2, 0.25) is 0 Å². The van der Waals surface area contributed by atoms with E-state index >= 15 is 0 Å². The largest absolute Gasteiger partial charge is 0.481 e. The second kappa shape index (κ2) is 10.1. The predicted molar refractivity (Wildman–Crippen MR) is 99.5 cm³/mol. The number of aliphatic carboxylic acids is 1. The number of carboxylic acid groups (broad SMARTS) is 1. The van der Waals surface area contributed by atoms with Crippen molar-refractivity contribution in [3.8, 4) is 0 Å². The molecule has 1 heterocycles. The molecule has 2 aliphatic rings. The second-order valence-corrected chi connectivity index (χ2v) is 6.74. The SMILES string of the molecule is COC1(CN(C=O)/C2=C/CC/C=C(/CC(=O)O)C=C=C2)CCCNCC1. The van der Waals surface area contributed by atoms with Gasteiger partial charge in [0, 0.05) is 18.9 Å². The van der Waals surface area contributed by atoms with E-state index in [0.29, 0.717) is 6.54 Å². The fourth-order valence-corrected chi connectivity index (χ4v) is 3.38. The van der Waals surface area contributed by atoms with Crippen LogP contribution in [0.25, 0.3) is 0 Å². The van der Waals surface area contributed by atoms with Gasteiger partial charge in [0.05, 0.1) is 18.6 Å². The zero-order valence-corrected chi connectivity index (χ0v) is 15.4. The Morgan fingerprint density at radius 2 is 2.15 bits per heavy atom. The molecule has 1 fully saturated rings. The third-order valence-electron chi connectivity index (χ3n) is 4.88. The summed E-state index contributed by atoms with van der Waals surface area (Å²) in [7, 11) is 1.71. The highest BCUT2D eigenvalue weighted by molar-refractivity contribution is 5.71. The lowest BCUT2D eigenvalue weighted by molar-refractivity contribution is -0.136.